The summed E-state index contributed by atoms with van der Waals surface area (Å²) in [4.78, 5) is 23.9. The van der Waals surface area contributed by atoms with Crippen LogP contribution in [0.5, 0.6) is 5.75 Å². The summed E-state index contributed by atoms with van der Waals surface area (Å²) in [5.41, 5.74) is 1.68. The van der Waals surface area contributed by atoms with E-state index in [9.17, 15) is 9.59 Å². The Bertz CT molecular complexity index is 651. The number of allylic oxidation sites excluding steroid dienone is 2. The van der Waals surface area contributed by atoms with E-state index in [1.54, 1.807) is 6.07 Å². The maximum atomic E-state index is 12.1. The smallest absolute Gasteiger partial charge is 0.233 e. The fourth-order valence-corrected chi connectivity index (χ4v) is 2.26. The molecule has 1 aliphatic rings. The fourth-order valence-electron chi connectivity index (χ4n) is 2.26. The third-order valence-corrected chi connectivity index (χ3v) is 3.04. The molecular weight excluding hydrogens is 268 g/mol. The molecule has 0 radical (unpaired) electrons. The molecule has 0 aromatic heterocycles. The molecule has 0 aliphatic heterocycles. The summed E-state index contributed by atoms with van der Waals surface area (Å²) in [6, 6.07) is 3.53. The van der Waals surface area contributed by atoms with Crippen LogP contribution in [-0.4, -0.2) is 24.8 Å². The number of hydrogen-bond donors (Lipinski definition) is 0. The first-order chi connectivity index (χ1) is 9.97. The number of methoxy groups -OCH3 is 1. The summed E-state index contributed by atoms with van der Waals surface area (Å²) in [6.45, 7) is 5.69. The Morgan fingerprint density at radius 3 is 2.48 bits per heavy atom. The first-order valence-corrected chi connectivity index (χ1v) is 6.80. The third kappa shape index (κ3) is 2.89. The van der Waals surface area contributed by atoms with Crippen LogP contribution in [0.25, 0.3) is 11.8 Å². The minimum absolute atomic E-state index is 0.0548. The van der Waals surface area contributed by atoms with Gasteiger partial charge in [-0.2, -0.15) is 0 Å². The van der Waals surface area contributed by atoms with E-state index in [0.29, 0.717) is 22.6 Å². The Morgan fingerprint density at radius 2 is 1.90 bits per heavy atom. The van der Waals surface area contributed by atoms with Crippen molar-refractivity contribution in [3.63, 3.8) is 0 Å². The Balaban J connectivity index is 2.72. The van der Waals surface area contributed by atoms with E-state index in [-0.39, 0.29) is 6.10 Å². The molecular formula is C17H18O4. The number of fused-ring (bicyclic) bond motifs is 1. The van der Waals surface area contributed by atoms with Gasteiger partial charge in [0, 0.05) is 11.6 Å². The summed E-state index contributed by atoms with van der Waals surface area (Å²) >= 11 is 0. The number of carbonyl (C=O) groups is 2. The van der Waals surface area contributed by atoms with Crippen LogP contribution in [0.2, 0.25) is 0 Å². The maximum absolute atomic E-state index is 12.1. The highest BCUT2D eigenvalue weighted by atomic mass is 16.5. The number of ether oxygens (including phenoxy) is 2. The summed E-state index contributed by atoms with van der Waals surface area (Å²) in [5, 5.41) is 0. The zero-order valence-corrected chi connectivity index (χ0v) is 12.6. The third-order valence-electron chi connectivity index (χ3n) is 3.04. The zero-order valence-electron chi connectivity index (χ0n) is 12.6. The summed E-state index contributed by atoms with van der Waals surface area (Å²) in [6.07, 6.45) is 4.88. The van der Waals surface area contributed by atoms with Crippen molar-refractivity contribution in [2.75, 3.05) is 7.11 Å². The lowest BCUT2D eigenvalue weighted by Gasteiger charge is -2.21. The zero-order chi connectivity index (χ0) is 15.6. The van der Waals surface area contributed by atoms with E-state index in [1.165, 1.54) is 13.2 Å². The maximum Gasteiger partial charge on any atom is 0.233 e. The van der Waals surface area contributed by atoms with Gasteiger partial charge in [0.2, 0.25) is 11.6 Å². The Hall–Kier alpha value is -2.36. The van der Waals surface area contributed by atoms with Crippen LogP contribution in [0.3, 0.4) is 0 Å². The number of carbonyl (C=O) groups excluding carboxylic acids is 2. The van der Waals surface area contributed by atoms with Gasteiger partial charge in [-0.25, -0.2) is 0 Å². The highest BCUT2D eigenvalue weighted by Crippen LogP contribution is 2.36. The van der Waals surface area contributed by atoms with Crippen LogP contribution in [0.4, 0.5) is 0 Å². The van der Waals surface area contributed by atoms with E-state index >= 15 is 0 Å². The number of hydrogen-bond acceptors (Lipinski definition) is 4. The molecule has 0 saturated heterocycles. The molecule has 0 saturated carbocycles. The standard InChI is InChI=1S/C17H18O4/c1-5-6-11-7-12-16(15(8-11)21-10(2)3)14(20-4)9-13(18)17(12)19/h5-10H,1-4H3/b6-5+. The van der Waals surface area contributed by atoms with Crippen molar-refractivity contribution >= 4 is 23.4 Å². The largest absolute Gasteiger partial charge is 0.496 e. The minimum atomic E-state index is -0.576. The lowest BCUT2D eigenvalue weighted by atomic mass is 9.91. The van der Waals surface area contributed by atoms with Crippen molar-refractivity contribution in [1.29, 1.82) is 0 Å². The molecule has 0 heterocycles. The molecule has 0 spiro atoms. The van der Waals surface area contributed by atoms with Gasteiger partial charge in [-0.05, 0) is 38.5 Å². The summed E-state index contributed by atoms with van der Waals surface area (Å²) in [5.74, 6) is -0.208. The van der Waals surface area contributed by atoms with Crippen molar-refractivity contribution in [3.05, 3.63) is 41.0 Å². The highest BCUT2D eigenvalue weighted by molar-refractivity contribution is 6.50. The average molecular weight is 286 g/mol. The number of Topliss-reactive ketones (excluding diaryl/α,β-unsaturated/α-hetero) is 1. The van der Waals surface area contributed by atoms with Gasteiger partial charge >= 0.3 is 0 Å². The van der Waals surface area contributed by atoms with Crippen molar-refractivity contribution in [2.24, 2.45) is 0 Å². The lowest BCUT2D eigenvalue weighted by molar-refractivity contribution is -0.111. The van der Waals surface area contributed by atoms with Crippen molar-refractivity contribution in [2.45, 2.75) is 26.9 Å². The fraction of sp³-hybridized carbons (Fsp3) is 0.294. The van der Waals surface area contributed by atoms with E-state index in [1.807, 2.05) is 39.0 Å². The molecule has 0 N–H and O–H groups in total. The molecule has 1 aromatic carbocycles. The van der Waals surface area contributed by atoms with Crippen molar-refractivity contribution in [3.8, 4) is 5.75 Å². The van der Waals surface area contributed by atoms with Crippen molar-refractivity contribution in [1.82, 2.24) is 0 Å². The Morgan fingerprint density at radius 1 is 1.19 bits per heavy atom. The van der Waals surface area contributed by atoms with Crippen LogP contribution in [0.15, 0.2) is 24.3 Å². The van der Waals surface area contributed by atoms with Crippen LogP contribution >= 0.6 is 0 Å². The molecule has 2 rings (SSSR count). The van der Waals surface area contributed by atoms with E-state index in [2.05, 4.69) is 0 Å². The molecule has 1 aliphatic carbocycles. The molecule has 0 amide bonds. The minimum Gasteiger partial charge on any atom is -0.496 e. The Labute approximate surface area is 124 Å². The van der Waals surface area contributed by atoms with Gasteiger partial charge in [-0.3, -0.25) is 9.59 Å². The van der Waals surface area contributed by atoms with Gasteiger partial charge in [0.15, 0.2) is 0 Å². The lowest BCUT2D eigenvalue weighted by Crippen LogP contribution is -2.21. The van der Waals surface area contributed by atoms with Gasteiger partial charge in [0.05, 0.1) is 18.8 Å². The quantitative estimate of drug-likeness (QED) is 0.797. The van der Waals surface area contributed by atoms with Crippen LogP contribution in [0, 0.1) is 0 Å². The second-order valence-electron chi connectivity index (χ2n) is 5.01. The number of ketones is 2. The van der Waals surface area contributed by atoms with E-state index < -0.39 is 11.6 Å². The normalized spacial score (nSPS) is 14.4. The van der Waals surface area contributed by atoms with E-state index in [4.69, 9.17) is 9.47 Å². The molecule has 0 bridgehead atoms. The SMILES string of the molecule is C/C=C/c1cc(OC(C)C)c2c(c1)C(=O)C(=O)C=C2OC. The predicted molar refractivity (Wildman–Crippen MR) is 81.2 cm³/mol. The molecule has 4 heteroatoms. The van der Waals surface area contributed by atoms with Crippen LogP contribution in [0.1, 0.15) is 42.3 Å². The molecule has 0 atom stereocenters. The summed E-state index contributed by atoms with van der Waals surface area (Å²) < 4.78 is 11.0. The van der Waals surface area contributed by atoms with Gasteiger partial charge in [-0.1, -0.05) is 12.2 Å². The molecule has 0 fully saturated rings. The molecule has 0 unspecified atom stereocenters. The van der Waals surface area contributed by atoms with Crippen molar-refractivity contribution < 1.29 is 19.1 Å². The molecule has 4 nitrogen and oxygen atoms in total. The highest BCUT2D eigenvalue weighted by Gasteiger charge is 2.30. The van der Waals surface area contributed by atoms with Gasteiger partial charge in [0.25, 0.3) is 0 Å². The monoisotopic (exact) mass is 286 g/mol. The number of rotatable bonds is 4. The van der Waals surface area contributed by atoms with Gasteiger partial charge in [0.1, 0.15) is 11.5 Å². The Kier molecular flexibility index (Phi) is 4.26. The summed E-state index contributed by atoms with van der Waals surface area (Å²) in [7, 11) is 1.47. The second-order valence-corrected chi connectivity index (χ2v) is 5.01. The molecule has 21 heavy (non-hydrogen) atoms. The van der Waals surface area contributed by atoms with Crippen LogP contribution < -0.4 is 4.74 Å². The van der Waals surface area contributed by atoms with E-state index in [0.717, 1.165) is 5.56 Å². The first-order valence-electron chi connectivity index (χ1n) is 6.80. The average Bonchev–Trinajstić information content (AvgIpc) is 2.42. The van der Waals surface area contributed by atoms with Crippen LogP contribution in [-0.2, 0) is 9.53 Å². The number of benzene rings is 1. The van der Waals surface area contributed by atoms with Gasteiger partial charge < -0.3 is 9.47 Å². The topological polar surface area (TPSA) is 52.6 Å². The predicted octanol–water partition coefficient (Wildman–Crippen LogP) is 3.26. The molecule has 1 aromatic rings. The second kappa shape index (κ2) is 5.95. The molecule has 110 valence electrons. The first kappa shape index (κ1) is 15.0. The van der Waals surface area contributed by atoms with Gasteiger partial charge in [-0.15, -0.1) is 0 Å².